The van der Waals surface area contributed by atoms with Crippen molar-refractivity contribution in [3.05, 3.63) is 94.8 Å². The van der Waals surface area contributed by atoms with Crippen LogP contribution in [0.4, 0.5) is 10.1 Å². The predicted molar refractivity (Wildman–Crippen MR) is 120 cm³/mol. The van der Waals surface area contributed by atoms with E-state index in [1.165, 1.54) is 43.5 Å². The van der Waals surface area contributed by atoms with Crippen molar-refractivity contribution in [2.45, 2.75) is 6.42 Å². The molecule has 164 valence electrons. The number of carbonyl (C=O) groups is 2. The number of halogens is 1. The number of amides is 1. The van der Waals surface area contributed by atoms with E-state index in [0.29, 0.717) is 12.1 Å². The lowest BCUT2D eigenvalue weighted by Gasteiger charge is -2.16. The van der Waals surface area contributed by atoms with Gasteiger partial charge in [-0.05, 0) is 66.1 Å². The molecule has 0 N–H and O–H groups in total. The number of carbonyl (C=O) groups excluding carboxylic acids is 2. The molecule has 0 unspecified atom stereocenters. The van der Waals surface area contributed by atoms with Crippen LogP contribution >= 0.6 is 0 Å². The number of methoxy groups -OCH3 is 1. The molecule has 1 aliphatic heterocycles. The number of nitrogens with zero attached hydrogens (tertiary/aromatic N) is 2. The van der Waals surface area contributed by atoms with Gasteiger partial charge in [0, 0.05) is 12.2 Å². The standard InChI is InChI=1S/C26H19FN2O4/c1-32-24-15-17(6-11-23(24)33-26(31)19-7-9-21(27)10-8-19)14-20(16-28)25(30)29-13-12-18-4-2-3-5-22(18)29/h2-11,14-15H,12-13H2,1H3. The first-order valence-electron chi connectivity index (χ1n) is 10.2. The van der Waals surface area contributed by atoms with Crippen molar-refractivity contribution < 1.29 is 23.5 Å². The van der Waals surface area contributed by atoms with E-state index in [1.54, 1.807) is 17.0 Å². The second-order valence-corrected chi connectivity index (χ2v) is 7.31. The predicted octanol–water partition coefficient (Wildman–Crippen LogP) is 4.55. The van der Waals surface area contributed by atoms with Crippen LogP contribution < -0.4 is 14.4 Å². The number of hydrogen-bond acceptors (Lipinski definition) is 5. The van der Waals surface area contributed by atoms with Crippen molar-refractivity contribution in [1.29, 1.82) is 5.26 Å². The van der Waals surface area contributed by atoms with E-state index in [-0.39, 0.29) is 28.5 Å². The van der Waals surface area contributed by atoms with Crippen molar-refractivity contribution in [3.63, 3.8) is 0 Å². The van der Waals surface area contributed by atoms with Crippen LogP contribution in [-0.4, -0.2) is 25.5 Å². The van der Waals surface area contributed by atoms with E-state index in [0.717, 1.165) is 17.7 Å². The Balaban J connectivity index is 1.56. The largest absolute Gasteiger partial charge is 0.493 e. The number of fused-ring (bicyclic) bond motifs is 1. The minimum absolute atomic E-state index is 0.0233. The molecule has 0 radical (unpaired) electrons. The van der Waals surface area contributed by atoms with Crippen molar-refractivity contribution in [2.24, 2.45) is 0 Å². The van der Waals surface area contributed by atoms with Crippen LogP contribution in [0.1, 0.15) is 21.5 Å². The molecule has 3 aromatic rings. The van der Waals surface area contributed by atoms with Crippen molar-refractivity contribution in [3.8, 4) is 17.6 Å². The molecule has 1 aliphatic rings. The molecule has 0 saturated carbocycles. The molecule has 0 fully saturated rings. The number of hydrogen-bond donors (Lipinski definition) is 0. The summed E-state index contributed by atoms with van der Waals surface area (Å²) in [5.74, 6) is -1.11. The third-order valence-electron chi connectivity index (χ3n) is 5.26. The molecule has 0 atom stereocenters. The molecule has 1 amide bonds. The van der Waals surface area contributed by atoms with Crippen LogP contribution in [0.5, 0.6) is 11.5 Å². The van der Waals surface area contributed by atoms with E-state index >= 15 is 0 Å². The summed E-state index contributed by atoms with van der Waals surface area (Å²) < 4.78 is 23.8. The van der Waals surface area contributed by atoms with Crippen molar-refractivity contribution in [2.75, 3.05) is 18.6 Å². The second-order valence-electron chi connectivity index (χ2n) is 7.31. The molecule has 0 saturated heterocycles. The van der Waals surface area contributed by atoms with E-state index in [4.69, 9.17) is 9.47 Å². The van der Waals surface area contributed by atoms with Crippen molar-refractivity contribution >= 4 is 23.6 Å². The summed E-state index contributed by atoms with van der Waals surface area (Å²) in [6, 6.07) is 19.3. The minimum atomic E-state index is -0.669. The Hall–Kier alpha value is -4.44. The highest BCUT2D eigenvalue weighted by Gasteiger charge is 2.26. The Labute approximate surface area is 190 Å². The summed E-state index contributed by atoms with van der Waals surface area (Å²) in [6.45, 7) is 0.513. The Bertz CT molecular complexity index is 1290. The number of rotatable bonds is 5. The zero-order valence-corrected chi connectivity index (χ0v) is 17.7. The summed E-state index contributed by atoms with van der Waals surface area (Å²) in [7, 11) is 1.41. The number of benzene rings is 3. The maximum atomic E-state index is 13.1. The van der Waals surface area contributed by atoms with Crippen LogP contribution in [0.15, 0.2) is 72.3 Å². The zero-order valence-electron chi connectivity index (χ0n) is 17.7. The van der Waals surface area contributed by atoms with Gasteiger partial charge >= 0.3 is 5.97 Å². The lowest BCUT2D eigenvalue weighted by atomic mass is 10.1. The molecule has 0 spiro atoms. The van der Waals surface area contributed by atoms with Gasteiger partial charge in [-0.2, -0.15) is 5.26 Å². The Morgan fingerprint density at radius 3 is 2.55 bits per heavy atom. The smallest absolute Gasteiger partial charge is 0.343 e. The molecule has 3 aromatic carbocycles. The van der Waals surface area contributed by atoms with E-state index < -0.39 is 11.8 Å². The first-order valence-corrected chi connectivity index (χ1v) is 10.2. The number of nitriles is 1. The highest BCUT2D eigenvalue weighted by Crippen LogP contribution is 2.31. The Morgan fingerprint density at radius 2 is 1.82 bits per heavy atom. The lowest BCUT2D eigenvalue weighted by Crippen LogP contribution is -2.29. The van der Waals surface area contributed by atoms with Crippen LogP contribution in [0.3, 0.4) is 0 Å². The Morgan fingerprint density at radius 1 is 1.06 bits per heavy atom. The minimum Gasteiger partial charge on any atom is -0.493 e. The van der Waals surface area contributed by atoms with Crippen LogP contribution in [0.2, 0.25) is 0 Å². The van der Waals surface area contributed by atoms with Gasteiger partial charge in [-0.1, -0.05) is 24.3 Å². The summed E-state index contributed by atoms with van der Waals surface area (Å²) in [4.78, 5) is 26.9. The number of para-hydroxylation sites is 1. The van der Waals surface area contributed by atoms with Gasteiger partial charge in [0.25, 0.3) is 5.91 Å². The SMILES string of the molecule is COc1cc(C=C(C#N)C(=O)N2CCc3ccccc32)ccc1OC(=O)c1ccc(F)cc1. The maximum Gasteiger partial charge on any atom is 0.343 e. The summed E-state index contributed by atoms with van der Waals surface area (Å²) in [6.07, 6.45) is 2.21. The molecule has 6 nitrogen and oxygen atoms in total. The normalized spacial score (nSPS) is 12.6. The molecule has 1 heterocycles. The molecule has 0 bridgehead atoms. The maximum absolute atomic E-state index is 13.1. The molecule has 0 aromatic heterocycles. The van der Waals surface area contributed by atoms with E-state index in [2.05, 4.69) is 0 Å². The zero-order chi connectivity index (χ0) is 23.4. The van der Waals surface area contributed by atoms with Gasteiger partial charge in [-0.3, -0.25) is 4.79 Å². The first-order chi connectivity index (χ1) is 16.0. The third kappa shape index (κ3) is 4.60. The third-order valence-corrected chi connectivity index (χ3v) is 5.26. The molecule has 33 heavy (non-hydrogen) atoms. The monoisotopic (exact) mass is 442 g/mol. The number of anilines is 1. The molecular formula is C26H19FN2O4. The van der Waals surface area contributed by atoms with Gasteiger partial charge in [0.15, 0.2) is 11.5 Å². The van der Waals surface area contributed by atoms with Crippen LogP contribution in [0.25, 0.3) is 6.08 Å². The Kier molecular flexibility index (Phi) is 6.18. The average molecular weight is 442 g/mol. The molecular weight excluding hydrogens is 423 g/mol. The summed E-state index contributed by atoms with van der Waals surface area (Å²) >= 11 is 0. The van der Waals surface area contributed by atoms with Gasteiger partial charge in [-0.25, -0.2) is 9.18 Å². The van der Waals surface area contributed by atoms with Crippen LogP contribution in [-0.2, 0) is 11.2 Å². The molecule has 4 rings (SSSR count). The van der Waals surface area contributed by atoms with Crippen LogP contribution in [0, 0.1) is 17.1 Å². The van der Waals surface area contributed by atoms with Gasteiger partial charge in [0.05, 0.1) is 12.7 Å². The highest BCUT2D eigenvalue weighted by molar-refractivity contribution is 6.12. The van der Waals surface area contributed by atoms with Gasteiger partial charge in [0.2, 0.25) is 0 Å². The summed E-state index contributed by atoms with van der Waals surface area (Å²) in [5, 5.41) is 9.62. The summed E-state index contributed by atoms with van der Waals surface area (Å²) in [5.41, 5.74) is 2.57. The fourth-order valence-electron chi connectivity index (χ4n) is 3.61. The topological polar surface area (TPSA) is 79.6 Å². The average Bonchev–Trinajstić information content (AvgIpc) is 3.27. The van der Waals surface area contributed by atoms with E-state index in [9.17, 15) is 19.2 Å². The quantitative estimate of drug-likeness (QED) is 0.251. The second kappa shape index (κ2) is 9.37. The van der Waals surface area contributed by atoms with E-state index in [1.807, 2.05) is 30.3 Å². The number of esters is 1. The lowest BCUT2D eigenvalue weighted by molar-refractivity contribution is -0.114. The fraction of sp³-hybridized carbons (Fsp3) is 0.115. The first kappa shape index (κ1) is 21.8. The van der Waals surface area contributed by atoms with Gasteiger partial charge < -0.3 is 14.4 Å². The molecule has 0 aliphatic carbocycles. The van der Waals surface area contributed by atoms with Gasteiger partial charge in [-0.15, -0.1) is 0 Å². The van der Waals surface area contributed by atoms with Crippen molar-refractivity contribution in [1.82, 2.24) is 0 Å². The highest BCUT2D eigenvalue weighted by atomic mass is 19.1. The fourth-order valence-corrected chi connectivity index (χ4v) is 3.61. The molecule has 7 heteroatoms. The van der Waals surface area contributed by atoms with Gasteiger partial charge in [0.1, 0.15) is 17.5 Å². The number of ether oxygens (including phenoxy) is 2.